The summed E-state index contributed by atoms with van der Waals surface area (Å²) in [7, 11) is 0. The van der Waals surface area contributed by atoms with Crippen LogP contribution in [0.3, 0.4) is 0 Å². The number of Topliss-reactive ketones (excluding diaryl/α,β-unsaturated/α-hetero) is 1. The molecule has 0 amide bonds. The number of hydrogen-bond donors (Lipinski definition) is 0. The Morgan fingerprint density at radius 2 is 1.61 bits per heavy atom. The highest BCUT2D eigenvalue weighted by Crippen LogP contribution is 2.51. The van der Waals surface area contributed by atoms with Gasteiger partial charge in [0.25, 0.3) is 0 Å². The number of fused-ring (bicyclic) bond motifs is 4. The summed E-state index contributed by atoms with van der Waals surface area (Å²) in [6.45, 7) is 0. The summed E-state index contributed by atoms with van der Waals surface area (Å²) in [4.78, 5) is 12.2. The van der Waals surface area contributed by atoms with E-state index in [1.807, 2.05) is 12.1 Å². The largest absolute Gasteiger partial charge is 0.294 e. The molecular formula is C17H14O. The molecule has 1 spiro atoms. The Kier molecular flexibility index (Phi) is 1.86. The molecule has 1 heteroatoms. The van der Waals surface area contributed by atoms with Crippen LogP contribution in [-0.4, -0.2) is 5.78 Å². The molecule has 0 fully saturated rings. The fraction of sp³-hybridized carbons (Fsp3) is 0.235. The van der Waals surface area contributed by atoms with Crippen LogP contribution in [0, 0.1) is 0 Å². The van der Waals surface area contributed by atoms with Crippen molar-refractivity contribution < 1.29 is 4.79 Å². The topological polar surface area (TPSA) is 17.1 Å². The van der Waals surface area contributed by atoms with E-state index >= 15 is 0 Å². The van der Waals surface area contributed by atoms with Gasteiger partial charge in [-0.15, -0.1) is 0 Å². The molecule has 0 bridgehead atoms. The number of benzene rings is 2. The molecule has 0 saturated heterocycles. The van der Waals surface area contributed by atoms with Crippen LogP contribution in [0.15, 0.2) is 48.5 Å². The van der Waals surface area contributed by atoms with Gasteiger partial charge in [-0.3, -0.25) is 4.79 Å². The van der Waals surface area contributed by atoms with Crippen molar-refractivity contribution in [2.45, 2.75) is 24.7 Å². The molecule has 0 saturated carbocycles. The van der Waals surface area contributed by atoms with Crippen LogP contribution in [0.5, 0.6) is 0 Å². The molecule has 0 radical (unpaired) electrons. The Hall–Kier alpha value is -1.89. The molecule has 1 atom stereocenters. The summed E-state index contributed by atoms with van der Waals surface area (Å²) in [6, 6.07) is 16.7. The van der Waals surface area contributed by atoms with Gasteiger partial charge in [0.15, 0.2) is 5.78 Å². The van der Waals surface area contributed by atoms with Gasteiger partial charge in [0.05, 0.1) is 0 Å². The van der Waals surface area contributed by atoms with Crippen LogP contribution in [-0.2, 0) is 11.8 Å². The van der Waals surface area contributed by atoms with E-state index in [1.165, 1.54) is 16.7 Å². The van der Waals surface area contributed by atoms with Crippen LogP contribution in [0.1, 0.15) is 39.9 Å². The summed E-state index contributed by atoms with van der Waals surface area (Å²) >= 11 is 0. The summed E-state index contributed by atoms with van der Waals surface area (Å²) in [5.74, 6) is 0.308. The van der Waals surface area contributed by atoms with E-state index in [1.54, 1.807) is 0 Å². The maximum absolute atomic E-state index is 12.2. The van der Waals surface area contributed by atoms with E-state index in [0.29, 0.717) is 12.2 Å². The van der Waals surface area contributed by atoms with Gasteiger partial charge < -0.3 is 0 Å². The molecule has 2 aromatic rings. The highest BCUT2D eigenvalue weighted by molar-refractivity contribution is 6.03. The molecular weight excluding hydrogens is 220 g/mol. The van der Waals surface area contributed by atoms with Crippen molar-refractivity contribution in [3.05, 3.63) is 70.8 Å². The second-order valence-electron chi connectivity index (χ2n) is 5.38. The van der Waals surface area contributed by atoms with Gasteiger partial charge in [-0.1, -0.05) is 48.5 Å². The predicted octanol–water partition coefficient (Wildman–Crippen LogP) is 3.51. The fourth-order valence-corrected chi connectivity index (χ4v) is 3.76. The van der Waals surface area contributed by atoms with Crippen molar-refractivity contribution in [3.63, 3.8) is 0 Å². The third-order valence-electron chi connectivity index (χ3n) is 4.56. The van der Waals surface area contributed by atoms with Gasteiger partial charge in [-0.05, 0) is 29.5 Å². The van der Waals surface area contributed by atoms with Gasteiger partial charge in [0.2, 0.25) is 0 Å². The number of aryl methyl sites for hydroxylation is 1. The zero-order valence-electron chi connectivity index (χ0n) is 10.1. The summed E-state index contributed by atoms with van der Waals surface area (Å²) in [5, 5.41) is 0. The van der Waals surface area contributed by atoms with Gasteiger partial charge >= 0.3 is 0 Å². The third kappa shape index (κ3) is 1.09. The minimum absolute atomic E-state index is 0.0235. The van der Waals surface area contributed by atoms with E-state index in [-0.39, 0.29) is 5.41 Å². The molecule has 0 aromatic heterocycles. The molecule has 1 unspecified atom stereocenters. The first-order valence-electron chi connectivity index (χ1n) is 6.52. The van der Waals surface area contributed by atoms with E-state index in [9.17, 15) is 4.79 Å². The number of carbonyl (C=O) groups excluding carboxylic acids is 1. The highest BCUT2D eigenvalue weighted by atomic mass is 16.1. The molecule has 2 aliphatic rings. The van der Waals surface area contributed by atoms with Crippen molar-refractivity contribution >= 4 is 5.78 Å². The van der Waals surface area contributed by atoms with Gasteiger partial charge in [-0.2, -0.15) is 0 Å². The van der Waals surface area contributed by atoms with Gasteiger partial charge in [-0.25, -0.2) is 0 Å². The number of carbonyl (C=O) groups is 1. The monoisotopic (exact) mass is 234 g/mol. The summed E-state index contributed by atoms with van der Waals surface area (Å²) < 4.78 is 0. The quantitative estimate of drug-likeness (QED) is 0.681. The van der Waals surface area contributed by atoms with E-state index < -0.39 is 0 Å². The Labute approximate surface area is 106 Å². The van der Waals surface area contributed by atoms with Crippen LogP contribution in [0.2, 0.25) is 0 Å². The van der Waals surface area contributed by atoms with E-state index in [0.717, 1.165) is 18.4 Å². The number of ketones is 1. The van der Waals surface area contributed by atoms with Crippen molar-refractivity contribution in [2.24, 2.45) is 0 Å². The minimum atomic E-state index is -0.0235. The van der Waals surface area contributed by atoms with Crippen molar-refractivity contribution in [1.29, 1.82) is 0 Å². The maximum Gasteiger partial charge on any atom is 0.164 e. The summed E-state index contributed by atoms with van der Waals surface area (Å²) in [5.41, 5.74) is 4.96. The van der Waals surface area contributed by atoms with Crippen molar-refractivity contribution in [2.75, 3.05) is 0 Å². The molecule has 0 N–H and O–H groups in total. The zero-order chi connectivity index (χ0) is 12.2. The average molecular weight is 234 g/mol. The lowest BCUT2D eigenvalue weighted by molar-refractivity contribution is 0.0979. The van der Waals surface area contributed by atoms with E-state index in [2.05, 4.69) is 36.4 Å². The number of rotatable bonds is 0. The number of hydrogen-bond acceptors (Lipinski definition) is 1. The molecule has 1 nitrogen and oxygen atoms in total. The molecule has 4 rings (SSSR count). The van der Waals surface area contributed by atoms with E-state index in [4.69, 9.17) is 0 Å². The fourth-order valence-electron chi connectivity index (χ4n) is 3.76. The van der Waals surface area contributed by atoms with Crippen molar-refractivity contribution in [3.8, 4) is 0 Å². The first kappa shape index (κ1) is 10.1. The Morgan fingerprint density at radius 1 is 0.889 bits per heavy atom. The maximum atomic E-state index is 12.2. The molecule has 0 aliphatic heterocycles. The zero-order valence-corrected chi connectivity index (χ0v) is 10.1. The molecule has 0 heterocycles. The average Bonchev–Trinajstić information content (AvgIpc) is 2.92. The predicted molar refractivity (Wildman–Crippen MR) is 70.9 cm³/mol. The molecule has 18 heavy (non-hydrogen) atoms. The summed E-state index contributed by atoms with van der Waals surface area (Å²) in [6.07, 6.45) is 2.83. The van der Waals surface area contributed by atoms with Crippen LogP contribution >= 0.6 is 0 Å². The molecule has 88 valence electrons. The first-order chi connectivity index (χ1) is 8.81. The van der Waals surface area contributed by atoms with Crippen LogP contribution in [0.25, 0.3) is 0 Å². The van der Waals surface area contributed by atoms with Gasteiger partial charge in [0, 0.05) is 17.4 Å². The third-order valence-corrected chi connectivity index (χ3v) is 4.56. The normalized spacial score (nSPS) is 24.3. The Bertz CT molecular complexity index is 656. The lowest BCUT2D eigenvalue weighted by Crippen LogP contribution is -2.21. The van der Waals surface area contributed by atoms with Crippen LogP contribution < -0.4 is 0 Å². The lowest BCUT2D eigenvalue weighted by Gasteiger charge is -2.25. The minimum Gasteiger partial charge on any atom is -0.294 e. The SMILES string of the molecule is O=C1CC2(CCc3ccccc32)c2ccccc21. The second kappa shape index (κ2) is 3.32. The van der Waals surface area contributed by atoms with Crippen LogP contribution in [0.4, 0.5) is 0 Å². The van der Waals surface area contributed by atoms with Crippen molar-refractivity contribution in [1.82, 2.24) is 0 Å². The lowest BCUT2D eigenvalue weighted by atomic mass is 9.77. The second-order valence-corrected chi connectivity index (χ2v) is 5.38. The molecule has 2 aliphatic carbocycles. The Balaban J connectivity index is 2.01. The smallest absolute Gasteiger partial charge is 0.164 e. The molecule has 2 aromatic carbocycles. The first-order valence-corrected chi connectivity index (χ1v) is 6.52. The standard InChI is InChI=1S/C17H14O/c18-16-11-17(15-8-4-2-6-13(15)16)10-9-12-5-1-3-7-14(12)17/h1-8H,9-11H2. The highest BCUT2D eigenvalue weighted by Gasteiger charge is 2.47. The Morgan fingerprint density at radius 3 is 2.50 bits per heavy atom. The van der Waals surface area contributed by atoms with Gasteiger partial charge in [0.1, 0.15) is 0 Å².